The fraction of sp³-hybridized carbons (Fsp3) is 0.571. The average molecular weight is 353 g/mol. The minimum Gasteiger partial charge on any atom is -0.360 e. The van der Waals surface area contributed by atoms with E-state index in [2.05, 4.69) is 21.2 Å². The number of hydrogen-bond acceptors (Lipinski definition) is 2. The fourth-order valence-corrected chi connectivity index (χ4v) is 2.38. The molecule has 0 radical (unpaired) electrons. The van der Waals surface area contributed by atoms with Gasteiger partial charge in [-0.1, -0.05) is 22.9 Å². The molecule has 0 saturated heterocycles. The van der Waals surface area contributed by atoms with Crippen LogP contribution in [0.4, 0.5) is 18.9 Å². The summed E-state index contributed by atoms with van der Waals surface area (Å²) in [6.45, 7) is 5.88. The number of anilines is 1. The molecular weight excluding hydrogens is 333 g/mol. The van der Waals surface area contributed by atoms with Crippen molar-refractivity contribution in [2.45, 2.75) is 39.5 Å². The molecule has 114 valence electrons. The molecule has 1 aromatic carbocycles. The van der Waals surface area contributed by atoms with Crippen LogP contribution in [-0.2, 0) is 6.54 Å². The van der Waals surface area contributed by atoms with Crippen molar-refractivity contribution in [1.29, 1.82) is 0 Å². The molecule has 0 atom stereocenters. The van der Waals surface area contributed by atoms with E-state index in [1.54, 1.807) is 26.0 Å². The third kappa shape index (κ3) is 5.32. The Balaban J connectivity index is 3.11. The van der Waals surface area contributed by atoms with Crippen LogP contribution >= 0.6 is 15.9 Å². The van der Waals surface area contributed by atoms with E-state index >= 15 is 0 Å². The lowest BCUT2D eigenvalue weighted by atomic mass is 10.1. The molecule has 20 heavy (non-hydrogen) atoms. The summed E-state index contributed by atoms with van der Waals surface area (Å²) in [7, 11) is 0. The summed E-state index contributed by atoms with van der Waals surface area (Å²) >= 11 is 3.37. The Morgan fingerprint density at radius 1 is 1.30 bits per heavy atom. The van der Waals surface area contributed by atoms with Crippen LogP contribution in [0.3, 0.4) is 0 Å². The first-order chi connectivity index (χ1) is 9.24. The number of nitrogens with zero attached hydrogens (tertiary/aromatic N) is 1. The highest BCUT2D eigenvalue weighted by molar-refractivity contribution is 9.10. The van der Waals surface area contributed by atoms with E-state index in [0.29, 0.717) is 12.2 Å². The van der Waals surface area contributed by atoms with Gasteiger partial charge in [0.25, 0.3) is 0 Å². The van der Waals surface area contributed by atoms with Crippen LogP contribution in [0.1, 0.15) is 26.3 Å². The molecule has 0 aliphatic rings. The molecule has 0 spiro atoms. The van der Waals surface area contributed by atoms with Crippen LogP contribution in [-0.4, -0.2) is 25.3 Å². The lowest BCUT2D eigenvalue weighted by Gasteiger charge is -2.32. The molecule has 0 heterocycles. The summed E-state index contributed by atoms with van der Waals surface area (Å²) in [5, 5.41) is 3.16. The Labute approximate surface area is 126 Å². The molecule has 0 aromatic heterocycles. The zero-order valence-corrected chi connectivity index (χ0v) is 13.5. The summed E-state index contributed by atoms with van der Waals surface area (Å²) < 4.78 is 39.1. The van der Waals surface area contributed by atoms with Crippen LogP contribution in [0.25, 0.3) is 0 Å². The van der Waals surface area contributed by atoms with Gasteiger partial charge in [0.2, 0.25) is 0 Å². The molecule has 0 amide bonds. The number of benzene rings is 1. The van der Waals surface area contributed by atoms with E-state index in [4.69, 9.17) is 0 Å². The van der Waals surface area contributed by atoms with Crippen molar-refractivity contribution in [3.8, 4) is 0 Å². The molecule has 0 bridgehead atoms. The van der Waals surface area contributed by atoms with E-state index in [1.807, 2.05) is 13.0 Å². The Morgan fingerprint density at radius 2 is 1.95 bits per heavy atom. The largest absolute Gasteiger partial charge is 0.405 e. The number of rotatable bonds is 6. The van der Waals surface area contributed by atoms with Gasteiger partial charge < -0.3 is 10.2 Å². The first-order valence-electron chi connectivity index (χ1n) is 6.57. The second-order valence-corrected chi connectivity index (χ2v) is 5.81. The van der Waals surface area contributed by atoms with Crippen LogP contribution < -0.4 is 10.2 Å². The van der Waals surface area contributed by atoms with Crippen LogP contribution in [0.15, 0.2) is 22.7 Å². The maximum absolute atomic E-state index is 12.7. The Hall–Kier alpha value is -0.750. The van der Waals surface area contributed by atoms with E-state index in [9.17, 15) is 13.2 Å². The molecular formula is C14H20BrF3N2. The zero-order chi connectivity index (χ0) is 15.3. The van der Waals surface area contributed by atoms with Gasteiger partial charge in [-0.3, -0.25) is 0 Å². The Bertz CT molecular complexity index is 433. The number of hydrogen-bond donors (Lipinski definition) is 1. The van der Waals surface area contributed by atoms with Crippen LogP contribution in [0.5, 0.6) is 0 Å². The van der Waals surface area contributed by atoms with Crippen molar-refractivity contribution in [1.82, 2.24) is 5.32 Å². The first kappa shape index (κ1) is 17.3. The maximum atomic E-state index is 12.7. The maximum Gasteiger partial charge on any atom is 0.405 e. The van der Waals surface area contributed by atoms with Gasteiger partial charge in [-0.05, 0) is 44.2 Å². The summed E-state index contributed by atoms with van der Waals surface area (Å²) in [6, 6.07) is 5.15. The van der Waals surface area contributed by atoms with Gasteiger partial charge in [-0.15, -0.1) is 0 Å². The lowest BCUT2D eigenvalue weighted by Crippen LogP contribution is -2.40. The van der Waals surface area contributed by atoms with Crippen LogP contribution in [0.2, 0.25) is 0 Å². The van der Waals surface area contributed by atoms with Gasteiger partial charge in [0.15, 0.2) is 0 Å². The van der Waals surface area contributed by atoms with Crippen molar-refractivity contribution < 1.29 is 13.2 Å². The third-order valence-corrected chi connectivity index (χ3v) is 3.38. The standard InChI is InChI=1S/C14H20BrF3N2/c1-4-19-8-11-7-12(15)5-6-13(11)20(10(2)3)9-14(16,17)18/h5-7,10,19H,4,8-9H2,1-3H3. The summed E-state index contributed by atoms with van der Waals surface area (Å²) in [5.41, 5.74) is 1.49. The molecule has 0 saturated carbocycles. The topological polar surface area (TPSA) is 15.3 Å². The second kappa shape index (κ2) is 7.31. The van der Waals surface area contributed by atoms with Gasteiger partial charge in [0, 0.05) is 22.7 Å². The number of halogens is 4. The Morgan fingerprint density at radius 3 is 2.45 bits per heavy atom. The molecule has 0 aliphatic carbocycles. The Kier molecular flexibility index (Phi) is 6.33. The molecule has 1 aromatic rings. The minimum atomic E-state index is -4.22. The fourth-order valence-electron chi connectivity index (χ4n) is 1.97. The third-order valence-electron chi connectivity index (χ3n) is 2.89. The highest BCUT2D eigenvalue weighted by Gasteiger charge is 2.32. The SMILES string of the molecule is CCNCc1cc(Br)ccc1N(CC(F)(F)F)C(C)C. The van der Waals surface area contributed by atoms with Gasteiger partial charge >= 0.3 is 6.18 Å². The predicted molar refractivity (Wildman–Crippen MR) is 80.1 cm³/mol. The quantitative estimate of drug-likeness (QED) is 0.819. The summed E-state index contributed by atoms with van der Waals surface area (Å²) in [6.07, 6.45) is -4.22. The van der Waals surface area contributed by atoms with E-state index in [0.717, 1.165) is 16.6 Å². The normalized spacial score (nSPS) is 12.0. The molecule has 0 unspecified atom stereocenters. The smallest absolute Gasteiger partial charge is 0.360 e. The van der Waals surface area contributed by atoms with Gasteiger partial charge in [-0.2, -0.15) is 13.2 Å². The highest BCUT2D eigenvalue weighted by Crippen LogP contribution is 2.29. The second-order valence-electron chi connectivity index (χ2n) is 4.89. The lowest BCUT2D eigenvalue weighted by molar-refractivity contribution is -0.120. The monoisotopic (exact) mass is 352 g/mol. The van der Waals surface area contributed by atoms with Crippen molar-refractivity contribution >= 4 is 21.6 Å². The molecule has 1 N–H and O–H groups in total. The summed E-state index contributed by atoms with van der Waals surface area (Å²) in [4.78, 5) is 1.39. The predicted octanol–water partition coefficient (Wildman–Crippen LogP) is 4.34. The van der Waals surface area contributed by atoms with Gasteiger partial charge in [-0.25, -0.2) is 0 Å². The van der Waals surface area contributed by atoms with E-state index in [-0.39, 0.29) is 6.04 Å². The number of nitrogens with one attached hydrogen (secondary N) is 1. The van der Waals surface area contributed by atoms with Crippen molar-refractivity contribution in [3.63, 3.8) is 0 Å². The van der Waals surface area contributed by atoms with Crippen molar-refractivity contribution in [3.05, 3.63) is 28.2 Å². The van der Waals surface area contributed by atoms with Crippen molar-refractivity contribution in [2.24, 2.45) is 0 Å². The van der Waals surface area contributed by atoms with Crippen molar-refractivity contribution in [2.75, 3.05) is 18.0 Å². The molecule has 0 aliphatic heterocycles. The number of alkyl halides is 3. The average Bonchev–Trinajstić information content (AvgIpc) is 2.32. The van der Waals surface area contributed by atoms with Crippen LogP contribution in [0, 0.1) is 0 Å². The molecule has 6 heteroatoms. The van der Waals surface area contributed by atoms with Gasteiger partial charge in [0.1, 0.15) is 6.54 Å². The molecule has 2 nitrogen and oxygen atoms in total. The molecule has 1 rings (SSSR count). The van der Waals surface area contributed by atoms with E-state index < -0.39 is 12.7 Å². The minimum absolute atomic E-state index is 0.224. The summed E-state index contributed by atoms with van der Waals surface area (Å²) in [5.74, 6) is 0. The van der Waals surface area contributed by atoms with Gasteiger partial charge in [0.05, 0.1) is 0 Å². The van der Waals surface area contributed by atoms with E-state index in [1.165, 1.54) is 4.90 Å². The molecule has 0 fully saturated rings. The first-order valence-corrected chi connectivity index (χ1v) is 7.36. The zero-order valence-electron chi connectivity index (χ0n) is 11.9. The highest BCUT2D eigenvalue weighted by atomic mass is 79.9.